The molecule has 0 bridgehead atoms. The summed E-state index contributed by atoms with van der Waals surface area (Å²) in [6, 6.07) is 33.4. The van der Waals surface area contributed by atoms with Crippen molar-refractivity contribution in [2.75, 3.05) is 29.9 Å². The van der Waals surface area contributed by atoms with E-state index < -0.39 is 0 Å². The second-order valence-electron chi connectivity index (χ2n) is 17.1. The van der Waals surface area contributed by atoms with Crippen LogP contribution in [-0.4, -0.2) is 42.2 Å². The highest BCUT2D eigenvalue weighted by atomic mass is 35.5. The number of nitrogens with zero attached hydrogens (tertiary/aromatic N) is 3. The van der Waals surface area contributed by atoms with Crippen molar-refractivity contribution in [3.63, 3.8) is 0 Å². The Morgan fingerprint density at radius 2 is 1.35 bits per heavy atom. The lowest BCUT2D eigenvalue weighted by Gasteiger charge is -2.27. The first-order valence-electron chi connectivity index (χ1n) is 21.5. The first-order chi connectivity index (χ1) is 28.6. The number of carbonyl (C=O) groups is 2. The first-order valence-corrected chi connectivity index (χ1v) is 21.5. The van der Waals surface area contributed by atoms with Crippen LogP contribution in [0.1, 0.15) is 107 Å². The monoisotopic (exact) mass is 818 g/mol. The van der Waals surface area contributed by atoms with Crippen molar-refractivity contribution in [1.29, 1.82) is 0 Å². The summed E-state index contributed by atoms with van der Waals surface area (Å²) in [7, 11) is 2.16. The van der Waals surface area contributed by atoms with Gasteiger partial charge in [0.1, 0.15) is 7.05 Å². The second-order valence-corrected chi connectivity index (χ2v) is 17.1. The fourth-order valence-electron chi connectivity index (χ4n) is 9.01. The Morgan fingerprint density at radius 3 is 2.15 bits per heavy atom. The van der Waals surface area contributed by atoms with Crippen molar-refractivity contribution in [3.05, 3.63) is 161 Å². The van der Waals surface area contributed by atoms with Gasteiger partial charge in [0.25, 0.3) is 0 Å². The maximum atomic E-state index is 13.5. The van der Waals surface area contributed by atoms with E-state index in [1.54, 1.807) is 0 Å². The third-order valence-corrected chi connectivity index (χ3v) is 12.3. The normalized spacial score (nSPS) is 16.4. The van der Waals surface area contributed by atoms with Gasteiger partial charge in [-0.25, -0.2) is 0 Å². The van der Waals surface area contributed by atoms with Crippen molar-refractivity contribution >= 4 is 34.6 Å². The summed E-state index contributed by atoms with van der Waals surface area (Å²) in [6.45, 7) is 11.3. The van der Waals surface area contributed by atoms with Crippen molar-refractivity contribution in [3.8, 4) is 11.8 Å². The summed E-state index contributed by atoms with van der Waals surface area (Å²) in [6.07, 6.45) is 17.4. The van der Waals surface area contributed by atoms with Crippen LogP contribution in [0.3, 0.4) is 0 Å². The molecule has 0 saturated carbocycles. The van der Waals surface area contributed by atoms with Gasteiger partial charge in [0.05, 0.1) is 17.6 Å². The van der Waals surface area contributed by atoms with E-state index in [0.29, 0.717) is 25.9 Å². The number of allylic oxidation sites excluding steroid dienone is 6. The molecule has 0 radical (unpaired) electrons. The standard InChI is InChI=1S/C53H58N4O2.ClH/c1-52(2)43-26-16-19-29-46(43)55(5)48(52)31-9-6-10-32-49-53(3,4)44-27-17-20-30-47(44)56(49)38-22-8-11-33-50(58)54-37-21-7-12-34-51(59)57-39-42-25-14-13-23-40(42)35-36-41-24-15-18-28-45(41)57;/h6,9-10,13-20,23-32H,7-8,11-12,21-22,33-34,37-39H2,1-5H3;1H. The molecule has 4 aromatic carbocycles. The van der Waals surface area contributed by atoms with Crippen LogP contribution in [0.4, 0.5) is 17.1 Å². The number of amides is 2. The summed E-state index contributed by atoms with van der Waals surface area (Å²) < 4.78 is 2.31. The Morgan fingerprint density at radius 1 is 0.700 bits per heavy atom. The van der Waals surface area contributed by atoms with E-state index in [2.05, 4.69) is 146 Å². The number of para-hydroxylation sites is 3. The number of unbranched alkanes of at least 4 members (excludes halogenated alkanes) is 4. The van der Waals surface area contributed by atoms with Crippen LogP contribution >= 0.6 is 0 Å². The van der Waals surface area contributed by atoms with Gasteiger partial charge < -0.3 is 27.5 Å². The third kappa shape index (κ3) is 9.53. The maximum Gasteiger partial charge on any atom is 0.227 e. The van der Waals surface area contributed by atoms with Crippen LogP contribution in [0.2, 0.25) is 0 Å². The van der Waals surface area contributed by atoms with E-state index in [0.717, 1.165) is 67.4 Å². The number of rotatable bonds is 15. The highest BCUT2D eigenvalue weighted by Crippen LogP contribution is 2.47. The lowest BCUT2D eigenvalue weighted by atomic mass is 9.81. The van der Waals surface area contributed by atoms with Gasteiger partial charge in [-0.05, 0) is 81.0 Å². The Hall–Kier alpha value is -5.64. The van der Waals surface area contributed by atoms with Gasteiger partial charge in [-0.15, -0.1) is 0 Å². The molecule has 0 unspecified atom stereocenters. The minimum Gasteiger partial charge on any atom is -1.00 e. The molecule has 0 fully saturated rings. The van der Waals surface area contributed by atoms with Gasteiger partial charge in [0.2, 0.25) is 17.5 Å². The molecule has 60 heavy (non-hydrogen) atoms. The van der Waals surface area contributed by atoms with E-state index in [4.69, 9.17) is 0 Å². The number of nitrogens with one attached hydrogen (secondary N) is 1. The van der Waals surface area contributed by atoms with Crippen molar-refractivity contribution in [2.45, 2.75) is 96.4 Å². The number of fused-ring (bicyclic) bond motifs is 4. The Bertz CT molecular complexity index is 2390. The lowest BCUT2D eigenvalue weighted by molar-refractivity contribution is -0.401. The Balaban J connectivity index is 0.00000604. The van der Waals surface area contributed by atoms with Crippen LogP contribution < -0.4 is 27.5 Å². The predicted molar refractivity (Wildman–Crippen MR) is 243 cm³/mol. The molecule has 0 atom stereocenters. The molecule has 0 aliphatic carbocycles. The van der Waals surface area contributed by atoms with E-state index in [-0.39, 0.29) is 35.1 Å². The van der Waals surface area contributed by atoms with Crippen LogP contribution in [0.25, 0.3) is 0 Å². The quantitative estimate of drug-likeness (QED) is 0.0581. The number of hydrogen-bond acceptors (Lipinski definition) is 3. The Labute approximate surface area is 364 Å². The topological polar surface area (TPSA) is 55.7 Å². The highest BCUT2D eigenvalue weighted by molar-refractivity contribution is 6.03. The van der Waals surface area contributed by atoms with Gasteiger partial charge in [0, 0.05) is 71.6 Å². The molecule has 6 nitrogen and oxygen atoms in total. The average Bonchev–Trinajstić information content (AvgIpc) is 3.57. The molecule has 310 valence electrons. The van der Waals surface area contributed by atoms with Gasteiger partial charge in [-0.2, -0.15) is 4.58 Å². The van der Waals surface area contributed by atoms with Gasteiger partial charge in [-0.3, -0.25) is 9.59 Å². The lowest BCUT2D eigenvalue weighted by Crippen LogP contribution is -3.00. The summed E-state index contributed by atoms with van der Waals surface area (Å²) >= 11 is 0. The molecule has 7 rings (SSSR count). The fraction of sp³-hybridized carbons (Fsp3) is 0.340. The zero-order valence-electron chi connectivity index (χ0n) is 35.9. The number of hydrogen-bond donors (Lipinski definition) is 1. The summed E-state index contributed by atoms with van der Waals surface area (Å²) in [5.74, 6) is 6.77. The van der Waals surface area contributed by atoms with Gasteiger partial charge in [-0.1, -0.05) is 123 Å². The summed E-state index contributed by atoms with van der Waals surface area (Å²) in [5, 5.41) is 3.11. The van der Waals surface area contributed by atoms with Gasteiger partial charge in [0.15, 0.2) is 5.71 Å². The molecule has 0 aromatic heterocycles. The molecule has 1 N–H and O–H groups in total. The highest BCUT2D eigenvalue weighted by Gasteiger charge is 2.42. The van der Waals surface area contributed by atoms with Crippen molar-refractivity contribution in [1.82, 2.24) is 5.32 Å². The Kier molecular flexibility index (Phi) is 14.4. The molecule has 2 amide bonds. The molecule has 3 aliphatic rings. The number of halogens is 1. The number of benzene rings is 4. The van der Waals surface area contributed by atoms with Gasteiger partial charge >= 0.3 is 0 Å². The molecule has 0 spiro atoms. The van der Waals surface area contributed by atoms with E-state index in [1.807, 2.05) is 47.4 Å². The number of anilines is 2. The van der Waals surface area contributed by atoms with Crippen LogP contribution in [0, 0.1) is 11.8 Å². The van der Waals surface area contributed by atoms with Crippen molar-refractivity contribution < 1.29 is 26.6 Å². The molecule has 0 saturated heterocycles. The molecular weight excluding hydrogens is 760 g/mol. The smallest absolute Gasteiger partial charge is 0.227 e. The minimum absolute atomic E-state index is 0. The first kappa shape index (κ1) is 43.9. The fourth-order valence-corrected chi connectivity index (χ4v) is 9.01. The summed E-state index contributed by atoms with van der Waals surface area (Å²) in [5.41, 5.74) is 11.5. The molecule has 7 heteroatoms. The third-order valence-electron chi connectivity index (χ3n) is 12.3. The molecule has 3 heterocycles. The van der Waals surface area contributed by atoms with Crippen LogP contribution in [0.15, 0.2) is 133 Å². The zero-order chi connectivity index (χ0) is 41.4. The average molecular weight is 820 g/mol. The van der Waals surface area contributed by atoms with Crippen molar-refractivity contribution in [2.24, 2.45) is 0 Å². The van der Waals surface area contributed by atoms with Crippen LogP contribution in [-0.2, 0) is 27.0 Å². The molecule has 4 aromatic rings. The summed E-state index contributed by atoms with van der Waals surface area (Å²) in [4.78, 5) is 30.6. The number of carbonyl (C=O) groups excluding carboxylic acids is 2. The predicted octanol–water partition coefficient (Wildman–Crippen LogP) is 7.67. The largest absolute Gasteiger partial charge is 1.00 e. The minimum atomic E-state index is -0.110. The second kappa shape index (κ2) is 19.6. The van der Waals surface area contributed by atoms with E-state index in [9.17, 15) is 9.59 Å². The molecular formula is C53H59ClN4O2. The molecule has 3 aliphatic heterocycles. The zero-order valence-corrected chi connectivity index (χ0v) is 36.7. The van der Waals surface area contributed by atoms with Crippen LogP contribution in [0.5, 0.6) is 0 Å². The maximum absolute atomic E-state index is 13.5. The van der Waals surface area contributed by atoms with E-state index >= 15 is 0 Å². The van der Waals surface area contributed by atoms with E-state index in [1.165, 1.54) is 33.9 Å². The SMILES string of the molecule is C[N+]1=C(C=CC=CC=C2N(CCCCCC(=O)NCCCCCC(=O)N3Cc4ccccc4C#Cc4ccccc43)c3ccccc3C2(C)C)C(C)(C)c2ccccc21.[Cl-].